The molecule has 0 saturated carbocycles. The minimum atomic E-state index is -1.27. The zero-order valence-corrected chi connectivity index (χ0v) is 32.8. The number of aliphatic carboxylic acids is 1. The number of carboxylic acid groups (broad SMARTS) is 1. The maximum absolute atomic E-state index is 14.0. The van der Waals surface area contributed by atoms with E-state index in [1.165, 1.54) is 17.2 Å². The van der Waals surface area contributed by atoms with Crippen molar-refractivity contribution in [2.24, 2.45) is 0 Å². The number of benzene rings is 5. The van der Waals surface area contributed by atoms with Gasteiger partial charge in [0.25, 0.3) is 5.91 Å². The molecule has 3 atom stereocenters. The van der Waals surface area contributed by atoms with Gasteiger partial charge in [-0.2, -0.15) is 5.26 Å². The summed E-state index contributed by atoms with van der Waals surface area (Å²) in [7, 11) is 0. The Kier molecular flexibility index (Phi) is 11.3. The van der Waals surface area contributed by atoms with E-state index in [1.54, 1.807) is 42.5 Å². The molecule has 6 aromatic rings. The van der Waals surface area contributed by atoms with Crippen molar-refractivity contribution in [3.05, 3.63) is 171 Å². The SMILES string of the molecule is N#Cc1ccc(-c2ccc(CC(NC(=O)[C@@H]3Cc4cc5c(cc4CN3C(=O)c3ccco3)O[C@@H](c3ccc(OCc4ccc(Cl)c(Cl)c4)cc3)CO5)C(=O)O)cc2)cc1. The molecule has 2 N–H and O–H groups in total. The third-order valence-corrected chi connectivity index (χ3v) is 11.1. The van der Waals surface area contributed by atoms with Crippen LogP contribution in [0.4, 0.5) is 0 Å². The molecule has 1 aromatic heterocycles. The lowest BCUT2D eigenvalue weighted by atomic mass is 9.91. The second-order valence-corrected chi connectivity index (χ2v) is 15.0. The Labute approximate surface area is 349 Å². The molecule has 0 bridgehead atoms. The molecular weight excluding hydrogens is 793 g/mol. The Hall–Kier alpha value is -6.74. The third kappa shape index (κ3) is 8.75. The highest BCUT2D eigenvalue weighted by Crippen LogP contribution is 2.41. The number of fused-ring (bicyclic) bond motifs is 2. The van der Waals surface area contributed by atoms with Crippen molar-refractivity contribution in [2.75, 3.05) is 6.61 Å². The summed E-state index contributed by atoms with van der Waals surface area (Å²) in [5.41, 5.74) is 6.32. The minimum absolute atomic E-state index is 0.0124. The maximum atomic E-state index is 14.0. The Balaban J connectivity index is 0.964. The summed E-state index contributed by atoms with van der Waals surface area (Å²) in [6, 6.07) is 33.9. The van der Waals surface area contributed by atoms with Crippen LogP contribution >= 0.6 is 23.2 Å². The topological polar surface area (TPSA) is 151 Å². The summed E-state index contributed by atoms with van der Waals surface area (Å²) in [4.78, 5) is 41.8. The van der Waals surface area contributed by atoms with E-state index < -0.39 is 36.0 Å². The monoisotopic (exact) mass is 827 g/mol. The molecular formula is C46H35Cl2N3O8. The fourth-order valence-electron chi connectivity index (χ4n) is 7.15. The van der Waals surface area contributed by atoms with Gasteiger partial charge in [-0.3, -0.25) is 9.59 Å². The lowest BCUT2D eigenvalue weighted by Crippen LogP contribution is -2.55. The third-order valence-electron chi connectivity index (χ3n) is 10.3. The van der Waals surface area contributed by atoms with E-state index in [9.17, 15) is 19.5 Å². The van der Waals surface area contributed by atoms with E-state index in [2.05, 4.69) is 11.4 Å². The number of nitriles is 1. The quantitative estimate of drug-likeness (QED) is 0.131. The second-order valence-electron chi connectivity index (χ2n) is 14.2. The Morgan fingerprint density at radius 2 is 1.58 bits per heavy atom. The number of furan rings is 1. The zero-order chi connectivity index (χ0) is 41.0. The molecule has 2 amide bonds. The minimum Gasteiger partial charge on any atom is -0.489 e. The van der Waals surface area contributed by atoms with Crippen molar-refractivity contribution in [3.8, 4) is 34.4 Å². The number of amides is 2. The van der Waals surface area contributed by atoms with Gasteiger partial charge in [0.15, 0.2) is 23.4 Å². The summed E-state index contributed by atoms with van der Waals surface area (Å²) in [5, 5.41) is 22.9. The predicted molar refractivity (Wildman–Crippen MR) is 218 cm³/mol. The molecule has 3 heterocycles. The van der Waals surface area contributed by atoms with Crippen LogP contribution in [0.2, 0.25) is 10.0 Å². The number of hydrogen-bond acceptors (Lipinski definition) is 8. The summed E-state index contributed by atoms with van der Waals surface area (Å²) in [5.74, 6) is -0.643. The fourth-order valence-corrected chi connectivity index (χ4v) is 7.47. The van der Waals surface area contributed by atoms with Crippen molar-refractivity contribution in [1.82, 2.24) is 10.2 Å². The van der Waals surface area contributed by atoms with E-state index in [-0.39, 0.29) is 31.8 Å². The first kappa shape index (κ1) is 39.1. The number of rotatable bonds is 11. The number of halogens is 2. The number of nitrogens with zero attached hydrogens (tertiary/aromatic N) is 2. The molecule has 1 unspecified atom stereocenters. The molecule has 11 nitrogen and oxygen atoms in total. The van der Waals surface area contributed by atoms with Gasteiger partial charge in [0.1, 0.15) is 31.0 Å². The number of ether oxygens (including phenoxy) is 3. The van der Waals surface area contributed by atoms with Gasteiger partial charge < -0.3 is 34.0 Å². The molecule has 59 heavy (non-hydrogen) atoms. The van der Waals surface area contributed by atoms with Crippen LogP contribution in [0.25, 0.3) is 11.1 Å². The van der Waals surface area contributed by atoms with Gasteiger partial charge in [0.05, 0.1) is 27.9 Å². The van der Waals surface area contributed by atoms with E-state index >= 15 is 0 Å². The lowest BCUT2D eigenvalue weighted by molar-refractivity contribution is -0.142. The van der Waals surface area contributed by atoms with Crippen LogP contribution in [0.3, 0.4) is 0 Å². The van der Waals surface area contributed by atoms with Crippen molar-refractivity contribution in [3.63, 3.8) is 0 Å². The van der Waals surface area contributed by atoms with Crippen molar-refractivity contribution < 1.29 is 38.1 Å². The predicted octanol–water partition coefficient (Wildman–Crippen LogP) is 8.60. The molecule has 0 saturated heterocycles. The molecule has 13 heteroatoms. The van der Waals surface area contributed by atoms with E-state index in [0.29, 0.717) is 45.0 Å². The van der Waals surface area contributed by atoms with E-state index in [1.807, 2.05) is 66.7 Å². The zero-order valence-electron chi connectivity index (χ0n) is 31.3. The van der Waals surface area contributed by atoms with Gasteiger partial charge >= 0.3 is 5.97 Å². The molecule has 8 rings (SSSR count). The summed E-state index contributed by atoms with van der Waals surface area (Å²) < 4.78 is 24.0. The summed E-state index contributed by atoms with van der Waals surface area (Å²) in [6.45, 7) is 0.585. The van der Waals surface area contributed by atoms with Crippen LogP contribution in [-0.4, -0.2) is 46.5 Å². The molecule has 0 aliphatic carbocycles. The Morgan fingerprint density at radius 1 is 0.864 bits per heavy atom. The normalized spacial score (nSPS) is 16.0. The first-order valence-electron chi connectivity index (χ1n) is 18.7. The largest absolute Gasteiger partial charge is 0.489 e. The van der Waals surface area contributed by atoms with Crippen LogP contribution in [0, 0.1) is 11.3 Å². The van der Waals surface area contributed by atoms with Crippen LogP contribution in [-0.2, 0) is 35.6 Å². The fraction of sp³-hybridized carbons (Fsp3) is 0.174. The number of carbonyl (C=O) groups is 3. The smallest absolute Gasteiger partial charge is 0.326 e. The Morgan fingerprint density at radius 3 is 2.25 bits per heavy atom. The summed E-state index contributed by atoms with van der Waals surface area (Å²) >= 11 is 12.2. The Bertz CT molecular complexity index is 2550. The van der Waals surface area contributed by atoms with Crippen molar-refractivity contribution in [2.45, 2.75) is 44.2 Å². The van der Waals surface area contributed by atoms with Crippen LogP contribution in [0.15, 0.2) is 126 Å². The lowest BCUT2D eigenvalue weighted by Gasteiger charge is -2.37. The standard InChI is InChI=1S/C46H35Cl2N3O8/c47-36-16-7-29(18-37(36)48)25-57-35-14-12-32(13-15-35)43-26-58-41-21-33-20-39(51(24-34(33)22-42(41)59-43)45(53)40-2-1-17-56-40)44(52)50-38(46(54)55)19-27-3-8-30(9-4-27)31-10-5-28(23-49)6-11-31/h1-18,21-22,38-39,43H,19-20,24-26H2,(H,50,52)(H,54,55)/t38?,39-,43+/m0/s1. The van der Waals surface area contributed by atoms with Crippen LogP contribution in [0.5, 0.6) is 17.2 Å². The average molecular weight is 829 g/mol. The van der Waals surface area contributed by atoms with Gasteiger partial charge in [0.2, 0.25) is 5.91 Å². The number of carbonyl (C=O) groups excluding carboxylic acids is 2. The molecule has 0 radical (unpaired) electrons. The van der Waals surface area contributed by atoms with Gasteiger partial charge in [-0.15, -0.1) is 0 Å². The molecule has 0 fully saturated rings. The van der Waals surface area contributed by atoms with Gasteiger partial charge in [0, 0.05) is 19.4 Å². The van der Waals surface area contributed by atoms with Crippen molar-refractivity contribution in [1.29, 1.82) is 5.26 Å². The number of carboxylic acids is 1. The van der Waals surface area contributed by atoms with Gasteiger partial charge in [-0.05, 0) is 99.6 Å². The first-order valence-corrected chi connectivity index (χ1v) is 19.5. The molecule has 2 aliphatic heterocycles. The highest BCUT2D eigenvalue weighted by Gasteiger charge is 2.39. The van der Waals surface area contributed by atoms with E-state index in [0.717, 1.165) is 33.4 Å². The average Bonchev–Trinajstić information content (AvgIpc) is 3.81. The molecule has 296 valence electrons. The molecule has 0 spiro atoms. The first-order chi connectivity index (χ1) is 28.6. The molecule has 2 aliphatic rings. The maximum Gasteiger partial charge on any atom is 0.326 e. The van der Waals surface area contributed by atoms with E-state index in [4.69, 9.17) is 47.1 Å². The highest BCUT2D eigenvalue weighted by atomic mass is 35.5. The van der Waals surface area contributed by atoms with Crippen molar-refractivity contribution >= 4 is 41.0 Å². The van der Waals surface area contributed by atoms with Gasteiger partial charge in [-0.25, -0.2) is 4.79 Å². The highest BCUT2D eigenvalue weighted by molar-refractivity contribution is 6.42. The van der Waals surface area contributed by atoms with Crippen LogP contribution in [0.1, 0.15) is 50.0 Å². The van der Waals surface area contributed by atoms with Crippen LogP contribution < -0.4 is 19.5 Å². The number of hydrogen-bond donors (Lipinski definition) is 2. The number of nitrogens with one attached hydrogen (secondary N) is 1. The van der Waals surface area contributed by atoms with Gasteiger partial charge in [-0.1, -0.05) is 77.8 Å². The summed E-state index contributed by atoms with van der Waals surface area (Å²) in [6.07, 6.45) is 1.07. The molecule has 5 aromatic carbocycles. The second kappa shape index (κ2) is 17.0.